The van der Waals surface area contributed by atoms with Crippen LogP contribution in [0.2, 0.25) is 0 Å². The summed E-state index contributed by atoms with van der Waals surface area (Å²) in [5.41, 5.74) is 5.81. The fourth-order valence-corrected chi connectivity index (χ4v) is 1.96. The standard InChI is InChI=1S/C10H13BN2O5/c12-10(16)13-7-4-5-2-1-3-6(9(14)15)8(5)18-11(7)17/h1-3,7,9,14-15,17H,4H2,(H3,12,13,16). The highest BCUT2D eigenvalue weighted by Gasteiger charge is 2.37. The number of nitrogens with one attached hydrogen (secondary N) is 1. The van der Waals surface area contributed by atoms with E-state index in [-0.39, 0.29) is 11.3 Å². The topological polar surface area (TPSA) is 125 Å². The number of nitrogens with two attached hydrogens (primary N) is 1. The van der Waals surface area contributed by atoms with Crippen LogP contribution in [0.15, 0.2) is 18.2 Å². The second-order valence-corrected chi connectivity index (χ2v) is 4.04. The first kappa shape index (κ1) is 12.7. The van der Waals surface area contributed by atoms with E-state index in [1.165, 1.54) is 6.07 Å². The van der Waals surface area contributed by atoms with Crippen molar-refractivity contribution in [1.82, 2.24) is 5.32 Å². The Morgan fingerprint density at radius 1 is 1.56 bits per heavy atom. The molecule has 0 spiro atoms. The molecule has 1 unspecified atom stereocenters. The van der Waals surface area contributed by atoms with E-state index in [0.29, 0.717) is 12.0 Å². The minimum atomic E-state index is -1.69. The maximum Gasteiger partial charge on any atom is 0.547 e. The Hall–Kier alpha value is -1.77. The van der Waals surface area contributed by atoms with Crippen molar-refractivity contribution >= 4 is 13.1 Å². The third-order valence-electron chi connectivity index (χ3n) is 2.76. The van der Waals surface area contributed by atoms with Crippen LogP contribution in [0.25, 0.3) is 0 Å². The first-order valence-corrected chi connectivity index (χ1v) is 5.37. The molecule has 0 aromatic heterocycles. The van der Waals surface area contributed by atoms with Gasteiger partial charge in [0, 0.05) is 5.56 Å². The van der Waals surface area contributed by atoms with E-state index in [4.69, 9.17) is 10.4 Å². The predicted octanol–water partition coefficient (Wildman–Crippen LogP) is -1.34. The van der Waals surface area contributed by atoms with Crippen molar-refractivity contribution in [2.45, 2.75) is 18.7 Å². The van der Waals surface area contributed by atoms with Crippen LogP contribution in [0, 0.1) is 0 Å². The molecular weight excluding hydrogens is 239 g/mol. The third kappa shape index (κ3) is 2.40. The highest BCUT2D eigenvalue weighted by atomic mass is 16.5. The number of urea groups is 1. The molecule has 1 aromatic carbocycles. The van der Waals surface area contributed by atoms with Gasteiger partial charge in [-0.3, -0.25) is 0 Å². The van der Waals surface area contributed by atoms with E-state index in [0.717, 1.165) is 0 Å². The molecule has 0 saturated heterocycles. The number of hydrogen-bond acceptors (Lipinski definition) is 5. The van der Waals surface area contributed by atoms with Crippen LogP contribution in [0.5, 0.6) is 5.75 Å². The number of rotatable bonds is 2. The van der Waals surface area contributed by atoms with Crippen LogP contribution < -0.4 is 15.7 Å². The highest BCUT2D eigenvalue weighted by Crippen LogP contribution is 2.32. The lowest BCUT2D eigenvalue weighted by atomic mass is 9.72. The van der Waals surface area contributed by atoms with E-state index in [9.17, 15) is 20.0 Å². The molecule has 2 rings (SSSR count). The minimum Gasteiger partial charge on any atom is -0.534 e. The van der Waals surface area contributed by atoms with Gasteiger partial charge in [0.25, 0.3) is 0 Å². The Morgan fingerprint density at radius 3 is 2.89 bits per heavy atom. The van der Waals surface area contributed by atoms with Gasteiger partial charge in [-0.15, -0.1) is 0 Å². The first-order valence-electron chi connectivity index (χ1n) is 5.37. The lowest BCUT2D eigenvalue weighted by Crippen LogP contribution is -2.54. The summed E-state index contributed by atoms with van der Waals surface area (Å²) >= 11 is 0. The second-order valence-electron chi connectivity index (χ2n) is 4.04. The molecule has 18 heavy (non-hydrogen) atoms. The minimum absolute atomic E-state index is 0.170. The van der Waals surface area contributed by atoms with E-state index >= 15 is 0 Å². The summed E-state index contributed by atoms with van der Waals surface area (Å²) in [6.45, 7) is 0. The maximum atomic E-state index is 10.8. The number of carbonyl (C=O) groups is 1. The van der Waals surface area contributed by atoms with Gasteiger partial charge in [0.1, 0.15) is 5.75 Å². The van der Waals surface area contributed by atoms with Gasteiger partial charge in [0.2, 0.25) is 0 Å². The van der Waals surface area contributed by atoms with Gasteiger partial charge in [-0.25, -0.2) is 4.79 Å². The number of fused-ring (bicyclic) bond motifs is 1. The summed E-state index contributed by atoms with van der Waals surface area (Å²) < 4.78 is 5.20. The summed E-state index contributed by atoms with van der Waals surface area (Å²) in [5, 5.41) is 30.4. The van der Waals surface area contributed by atoms with Crippen molar-refractivity contribution in [3.05, 3.63) is 29.3 Å². The average Bonchev–Trinajstić information content (AvgIpc) is 2.28. The third-order valence-corrected chi connectivity index (χ3v) is 2.76. The van der Waals surface area contributed by atoms with Crippen molar-refractivity contribution in [3.63, 3.8) is 0 Å². The summed E-state index contributed by atoms with van der Waals surface area (Å²) in [4.78, 5) is 10.8. The molecule has 0 bridgehead atoms. The molecule has 1 heterocycles. The molecule has 7 nitrogen and oxygen atoms in total. The molecule has 1 aliphatic heterocycles. The van der Waals surface area contributed by atoms with Crippen LogP contribution >= 0.6 is 0 Å². The molecule has 0 saturated carbocycles. The molecule has 6 N–H and O–H groups in total. The van der Waals surface area contributed by atoms with Crippen molar-refractivity contribution < 1.29 is 24.7 Å². The van der Waals surface area contributed by atoms with E-state index in [1.807, 2.05) is 0 Å². The number of carbonyl (C=O) groups excluding carboxylic acids is 1. The number of aliphatic hydroxyl groups excluding tert-OH is 1. The van der Waals surface area contributed by atoms with Gasteiger partial charge in [0.15, 0.2) is 6.29 Å². The number of amides is 2. The molecule has 2 amide bonds. The summed E-state index contributed by atoms with van der Waals surface area (Å²) in [7, 11) is -1.29. The normalized spacial score (nSPS) is 18.2. The highest BCUT2D eigenvalue weighted by molar-refractivity contribution is 6.46. The summed E-state index contributed by atoms with van der Waals surface area (Å²) in [6.07, 6.45) is -1.40. The Kier molecular flexibility index (Phi) is 3.42. The molecule has 0 fully saturated rings. The zero-order valence-corrected chi connectivity index (χ0v) is 9.41. The molecule has 1 atom stereocenters. The van der Waals surface area contributed by atoms with Crippen molar-refractivity contribution in [3.8, 4) is 5.75 Å². The maximum absolute atomic E-state index is 10.8. The lowest BCUT2D eigenvalue weighted by molar-refractivity contribution is -0.0436. The van der Waals surface area contributed by atoms with Gasteiger partial charge in [-0.2, -0.15) is 0 Å². The molecule has 0 radical (unpaired) electrons. The second kappa shape index (κ2) is 4.85. The largest absolute Gasteiger partial charge is 0.547 e. The molecule has 96 valence electrons. The lowest BCUT2D eigenvalue weighted by Gasteiger charge is -2.29. The van der Waals surface area contributed by atoms with Gasteiger partial charge < -0.3 is 30.9 Å². The van der Waals surface area contributed by atoms with Gasteiger partial charge in [0.05, 0.1) is 5.94 Å². The van der Waals surface area contributed by atoms with Crippen LogP contribution in [0.1, 0.15) is 17.4 Å². The number of hydrogen-bond donors (Lipinski definition) is 5. The molecule has 8 heteroatoms. The van der Waals surface area contributed by atoms with Gasteiger partial charge in [-0.1, -0.05) is 18.2 Å². The van der Waals surface area contributed by atoms with Crippen LogP contribution in [0.3, 0.4) is 0 Å². The molecule has 1 aliphatic rings. The number of benzene rings is 1. The number of aliphatic hydroxyl groups is 2. The van der Waals surface area contributed by atoms with Crippen molar-refractivity contribution in [2.75, 3.05) is 0 Å². The Balaban J connectivity index is 2.30. The zero-order chi connectivity index (χ0) is 13.3. The molecule has 1 aromatic rings. The van der Waals surface area contributed by atoms with E-state index in [1.54, 1.807) is 12.1 Å². The van der Waals surface area contributed by atoms with E-state index < -0.39 is 25.4 Å². The molecule has 0 aliphatic carbocycles. The number of para-hydroxylation sites is 1. The fraction of sp³-hybridized carbons (Fsp3) is 0.300. The van der Waals surface area contributed by atoms with Gasteiger partial charge in [-0.05, 0) is 12.0 Å². The van der Waals surface area contributed by atoms with Crippen LogP contribution in [0.4, 0.5) is 4.79 Å². The summed E-state index contributed by atoms with van der Waals surface area (Å²) in [6, 6.07) is 4.07. The molecular formula is C10H13BN2O5. The SMILES string of the molecule is NC(=O)NC1Cc2cccc(C(O)O)c2OB1O. The fourth-order valence-electron chi connectivity index (χ4n) is 1.96. The Bertz CT molecular complexity index is 468. The monoisotopic (exact) mass is 252 g/mol. The van der Waals surface area contributed by atoms with E-state index in [2.05, 4.69) is 5.32 Å². The van der Waals surface area contributed by atoms with Crippen LogP contribution in [-0.4, -0.2) is 34.3 Å². The smallest absolute Gasteiger partial charge is 0.534 e. The average molecular weight is 252 g/mol. The Labute approximate surface area is 103 Å². The number of primary amides is 1. The van der Waals surface area contributed by atoms with Crippen molar-refractivity contribution in [1.29, 1.82) is 0 Å². The van der Waals surface area contributed by atoms with Crippen LogP contribution in [-0.2, 0) is 6.42 Å². The zero-order valence-electron chi connectivity index (χ0n) is 9.41. The predicted molar refractivity (Wildman–Crippen MR) is 62.4 cm³/mol. The quantitative estimate of drug-likeness (QED) is 0.329. The van der Waals surface area contributed by atoms with Gasteiger partial charge >= 0.3 is 13.1 Å². The Morgan fingerprint density at radius 2 is 2.28 bits per heavy atom. The first-order chi connectivity index (χ1) is 8.49. The summed E-state index contributed by atoms with van der Waals surface area (Å²) in [5.74, 6) is -0.441. The van der Waals surface area contributed by atoms with Crippen molar-refractivity contribution in [2.24, 2.45) is 5.73 Å².